The molecule has 0 N–H and O–H groups in total. The first-order valence-electron chi connectivity index (χ1n) is 4.99. The van der Waals surface area contributed by atoms with Gasteiger partial charge in [0, 0.05) is 12.2 Å². The summed E-state index contributed by atoms with van der Waals surface area (Å²) < 4.78 is 0. The Labute approximate surface area is 85.2 Å². The van der Waals surface area contributed by atoms with Gasteiger partial charge >= 0.3 is 0 Å². The normalized spacial score (nSPS) is 27.6. The van der Waals surface area contributed by atoms with Gasteiger partial charge in [-0.3, -0.25) is 0 Å². The van der Waals surface area contributed by atoms with Gasteiger partial charge in [0.15, 0.2) is 0 Å². The SMILES string of the molecule is N#C/C=C\C1CCC(/C=C\C#N)CC1. The van der Waals surface area contributed by atoms with Crippen molar-refractivity contribution in [3.63, 3.8) is 0 Å². The quantitative estimate of drug-likeness (QED) is 0.622. The third-order valence-corrected chi connectivity index (χ3v) is 2.70. The molecule has 0 aromatic rings. The van der Waals surface area contributed by atoms with E-state index in [1.165, 1.54) is 0 Å². The largest absolute Gasteiger partial charge is 0.193 e. The van der Waals surface area contributed by atoms with Crippen molar-refractivity contribution in [1.82, 2.24) is 0 Å². The highest BCUT2D eigenvalue weighted by molar-refractivity contribution is 5.07. The van der Waals surface area contributed by atoms with Gasteiger partial charge in [0.2, 0.25) is 0 Å². The maximum Gasteiger partial charge on any atom is 0.0908 e. The van der Waals surface area contributed by atoms with Crippen LogP contribution in [-0.4, -0.2) is 0 Å². The Hall–Kier alpha value is -1.54. The van der Waals surface area contributed by atoms with Crippen LogP contribution in [0.25, 0.3) is 0 Å². The molecule has 1 fully saturated rings. The number of nitriles is 2. The molecule has 14 heavy (non-hydrogen) atoms. The summed E-state index contributed by atoms with van der Waals surface area (Å²) in [4.78, 5) is 0. The molecule has 0 saturated heterocycles. The molecule has 0 spiro atoms. The molecule has 0 heterocycles. The molecule has 0 radical (unpaired) electrons. The highest BCUT2D eigenvalue weighted by Gasteiger charge is 2.16. The van der Waals surface area contributed by atoms with Gasteiger partial charge in [-0.1, -0.05) is 12.2 Å². The molecule has 2 nitrogen and oxygen atoms in total. The predicted octanol–water partition coefficient (Wildman–Crippen LogP) is 2.95. The highest BCUT2D eigenvalue weighted by atomic mass is 14.2. The Kier molecular flexibility index (Phi) is 4.51. The fraction of sp³-hybridized carbons (Fsp3) is 0.500. The molecular weight excluding hydrogens is 172 g/mol. The zero-order valence-corrected chi connectivity index (χ0v) is 8.19. The van der Waals surface area contributed by atoms with Crippen LogP contribution in [0.15, 0.2) is 24.3 Å². The Morgan fingerprint density at radius 3 is 1.43 bits per heavy atom. The zero-order valence-electron chi connectivity index (χ0n) is 8.19. The minimum atomic E-state index is 0.571. The van der Waals surface area contributed by atoms with Crippen molar-refractivity contribution in [2.45, 2.75) is 25.7 Å². The van der Waals surface area contributed by atoms with Gasteiger partial charge in [0.25, 0.3) is 0 Å². The fourth-order valence-electron chi connectivity index (χ4n) is 1.89. The summed E-state index contributed by atoms with van der Waals surface area (Å²) >= 11 is 0. The summed E-state index contributed by atoms with van der Waals surface area (Å²) in [5, 5.41) is 16.8. The topological polar surface area (TPSA) is 47.6 Å². The monoisotopic (exact) mass is 186 g/mol. The maximum atomic E-state index is 8.38. The van der Waals surface area contributed by atoms with Gasteiger partial charge in [-0.15, -0.1) is 0 Å². The number of nitrogens with zero attached hydrogens (tertiary/aromatic N) is 2. The maximum absolute atomic E-state index is 8.38. The van der Waals surface area contributed by atoms with E-state index in [-0.39, 0.29) is 0 Å². The van der Waals surface area contributed by atoms with E-state index in [1.54, 1.807) is 12.2 Å². The van der Waals surface area contributed by atoms with Crippen molar-refractivity contribution in [3.05, 3.63) is 24.3 Å². The van der Waals surface area contributed by atoms with Crippen molar-refractivity contribution >= 4 is 0 Å². The molecule has 1 rings (SSSR count). The van der Waals surface area contributed by atoms with Crippen LogP contribution in [0.5, 0.6) is 0 Å². The van der Waals surface area contributed by atoms with Crippen LogP contribution in [0.4, 0.5) is 0 Å². The van der Waals surface area contributed by atoms with Crippen LogP contribution in [0.1, 0.15) is 25.7 Å². The summed E-state index contributed by atoms with van der Waals surface area (Å²) in [6, 6.07) is 4.05. The number of rotatable bonds is 2. The first-order chi connectivity index (χ1) is 6.86. The molecule has 0 bridgehead atoms. The molecule has 0 unspecified atom stereocenters. The van der Waals surface area contributed by atoms with E-state index in [0.717, 1.165) is 25.7 Å². The summed E-state index contributed by atoms with van der Waals surface area (Å²) in [5.74, 6) is 1.14. The third-order valence-electron chi connectivity index (χ3n) is 2.70. The average molecular weight is 186 g/mol. The summed E-state index contributed by atoms with van der Waals surface area (Å²) in [6.07, 6.45) is 11.7. The standard InChI is InChI=1S/C12H14N2/c13-9-1-3-11-5-7-12(8-6-11)4-2-10-14/h1-4,11-12H,5-8H2/b3-1-,4-2-. The lowest BCUT2D eigenvalue weighted by molar-refractivity contribution is 0.356. The van der Waals surface area contributed by atoms with Crippen molar-refractivity contribution < 1.29 is 0 Å². The van der Waals surface area contributed by atoms with E-state index in [1.807, 2.05) is 24.3 Å². The van der Waals surface area contributed by atoms with Gasteiger partial charge in [-0.2, -0.15) is 10.5 Å². The molecule has 1 aliphatic rings. The van der Waals surface area contributed by atoms with Crippen LogP contribution in [-0.2, 0) is 0 Å². The van der Waals surface area contributed by atoms with Crippen LogP contribution >= 0.6 is 0 Å². The second-order valence-electron chi connectivity index (χ2n) is 3.65. The van der Waals surface area contributed by atoms with Gasteiger partial charge < -0.3 is 0 Å². The van der Waals surface area contributed by atoms with Gasteiger partial charge in [0.1, 0.15) is 0 Å². The van der Waals surface area contributed by atoms with Gasteiger partial charge in [-0.05, 0) is 37.5 Å². The van der Waals surface area contributed by atoms with E-state index in [2.05, 4.69) is 0 Å². The number of allylic oxidation sites excluding steroid dienone is 4. The lowest BCUT2D eigenvalue weighted by Crippen LogP contribution is -2.10. The molecule has 1 saturated carbocycles. The van der Waals surface area contributed by atoms with Crippen LogP contribution < -0.4 is 0 Å². The summed E-state index contributed by atoms with van der Waals surface area (Å²) in [5.41, 5.74) is 0. The highest BCUT2D eigenvalue weighted by Crippen LogP contribution is 2.30. The Morgan fingerprint density at radius 2 is 1.14 bits per heavy atom. The summed E-state index contributed by atoms with van der Waals surface area (Å²) in [6.45, 7) is 0. The Morgan fingerprint density at radius 1 is 0.786 bits per heavy atom. The second-order valence-corrected chi connectivity index (χ2v) is 3.65. The van der Waals surface area contributed by atoms with E-state index >= 15 is 0 Å². The van der Waals surface area contributed by atoms with E-state index < -0.39 is 0 Å². The molecular formula is C12H14N2. The third kappa shape index (κ3) is 3.46. The molecule has 0 atom stereocenters. The average Bonchev–Trinajstić information content (AvgIpc) is 2.25. The first kappa shape index (κ1) is 10.5. The van der Waals surface area contributed by atoms with E-state index in [4.69, 9.17) is 10.5 Å². The molecule has 0 aliphatic heterocycles. The lowest BCUT2D eigenvalue weighted by Gasteiger charge is -2.23. The Balaban J connectivity index is 2.32. The van der Waals surface area contributed by atoms with Crippen LogP contribution in [0, 0.1) is 34.5 Å². The van der Waals surface area contributed by atoms with Crippen LogP contribution in [0.3, 0.4) is 0 Å². The van der Waals surface area contributed by atoms with Crippen molar-refractivity contribution in [2.75, 3.05) is 0 Å². The number of hydrogen-bond acceptors (Lipinski definition) is 2. The zero-order chi connectivity index (χ0) is 10.2. The van der Waals surface area contributed by atoms with E-state index in [9.17, 15) is 0 Å². The first-order valence-corrected chi connectivity index (χ1v) is 4.99. The molecule has 1 aliphatic carbocycles. The van der Waals surface area contributed by atoms with Crippen molar-refractivity contribution in [3.8, 4) is 12.1 Å². The lowest BCUT2D eigenvalue weighted by atomic mass is 9.82. The van der Waals surface area contributed by atoms with Crippen molar-refractivity contribution in [2.24, 2.45) is 11.8 Å². The smallest absolute Gasteiger partial charge is 0.0908 e. The molecule has 0 amide bonds. The summed E-state index contributed by atoms with van der Waals surface area (Å²) in [7, 11) is 0. The molecule has 2 heteroatoms. The van der Waals surface area contributed by atoms with Gasteiger partial charge in [0.05, 0.1) is 12.1 Å². The van der Waals surface area contributed by atoms with E-state index in [0.29, 0.717) is 11.8 Å². The number of hydrogen-bond donors (Lipinski definition) is 0. The fourth-order valence-corrected chi connectivity index (χ4v) is 1.89. The minimum absolute atomic E-state index is 0.571. The second kappa shape index (κ2) is 6.00. The molecule has 0 aromatic heterocycles. The molecule has 0 aromatic carbocycles. The minimum Gasteiger partial charge on any atom is -0.193 e. The predicted molar refractivity (Wildman–Crippen MR) is 55.0 cm³/mol. The van der Waals surface area contributed by atoms with Gasteiger partial charge in [-0.25, -0.2) is 0 Å². The molecule has 72 valence electrons. The van der Waals surface area contributed by atoms with Crippen molar-refractivity contribution in [1.29, 1.82) is 10.5 Å². The van der Waals surface area contributed by atoms with Crippen LogP contribution in [0.2, 0.25) is 0 Å². The Bertz CT molecular complexity index is 261.